The van der Waals surface area contributed by atoms with Crippen LogP contribution in [0, 0.1) is 0 Å². The van der Waals surface area contributed by atoms with E-state index < -0.39 is 6.09 Å². The third-order valence-electron chi connectivity index (χ3n) is 2.93. The number of hydrogen-bond acceptors (Lipinski definition) is 6. The molecule has 2 aromatic rings. The highest BCUT2D eigenvalue weighted by Crippen LogP contribution is 2.22. The van der Waals surface area contributed by atoms with Crippen LogP contribution in [-0.2, 0) is 9.47 Å². The van der Waals surface area contributed by atoms with Crippen molar-refractivity contribution in [2.75, 3.05) is 13.2 Å². The number of furan rings is 1. The molecule has 126 valence electrons. The average molecular weight is 330 g/mol. The van der Waals surface area contributed by atoms with Gasteiger partial charge in [0.05, 0.1) is 25.0 Å². The first-order valence-electron chi connectivity index (χ1n) is 7.47. The summed E-state index contributed by atoms with van der Waals surface area (Å²) in [5, 5.41) is 3.72. The summed E-state index contributed by atoms with van der Waals surface area (Å²) in [5.41, 5.74) is 3.50. The van der Waals surface area contributed by atoms with E-state index in [1.165, 1.54) is 6.21 Å². The number of nitrogens with one attached hydrogen (secondary N) is 1. The Morgan fingerprint density at radius 1 is 1.08 bits per heavy atom. The number of rotatable bonds is 6. The molecule has 1 aromatic carbocycles. The monoisotopic (exact) mass is 330 g/mol. The molecule has 0 saturated carbocycles. The summed E-state index contributed by atoms with van der Waals surface area (Å²) in [6.07, 6.45) is 0.739. The molecule has 0 aliphatic heterocycles. The van der Waals surface area contributed by atoms with Crippen molar-refractivity contribution in [3.05, 3.63) is 47.7 Å². The third kappa shape index (κ3) is 4.70. The number of hydrogen-bond donors (Lipinski definition) is 1. The fourth-order valence-electron chi connectivity index (χ4n) is 1.87. The molecular formula is C17H18N2O5. The molecule has 0 saturated heterocycles. The molecule has 2 rings (SSSR count). The van der Waals surface area contributed by atoms with E-state index in [2.05, 4.69) is 15.3 Å². The topological polar surface area (TPSA) is 90.1 Å². The molecule has 0 unspecified atom stereocenters. The summed E-state index contributed by atoms with van der Waals surface area (Å²) in [7, 11) is 0. The number of carbonyl (C=O) groups excluding carboxylic acids is 2. The maximum atomic E-state index is 11.6. The Labute approximate surface area is 139 Å². The first kappa shape index (κ1) is 17.3. The van der Waals surface area contributed by atoms with Gasteiger partial charge in [0, 0.05) is 5.56 Å². The highest BCUT2D eigenvalue weighted by Gasteiger charge is 2.08. The lowest BCUT2D eigenvalue weighted by Crippen LogP contribution is -2.18. The Kier molecular flexibility index (Phi) is 6.13. The molecule has 0 spiro atoms. The first-order valence-corrected chi connectivity index (χ1v) is 7.47. The number of carbonyl (C=O) groups is 2. The van der Waals surface area contributed by atoms with Crippen LogP contribution in [0.2, 0.25) is 0 Å². The predicted molar refractivity (Wildman–Crippen MR) is 87.9 cm³/mol. The normalized spacial score (nSPS) is 10.6. The van der Waals surface area contributed by atoms with Crippen molar-refractivity contribution in [1.82, 2.24) is 5.43 Å². The van der Waals surface area contributed by atoms with Gasteiger partial charge in [0.2, 0.25) is 0 Å². The zero-order valence-corrected chi connectivity index (χ0v) is 13.4. The Bertz CT molecular complexity index is 719. The molecule has 1 heterocycles. The van der Waals surface area contributed by atoms with Crippen molar-refractivity contribution in [1.29, 1.82) is 0 Å². The van der Waals surface area contributed by atoms with Crippen LogP contribution in [0.3, 0.4) is 0 Å². The zero-order chi connectivity index (χ0) is 17.4. The second-order valence-corrected chi connectivity index (χ2v) is 4.59. The van der Waals surface area contributed by atoms with E-state index in [1.807, 2.05) is 0 Å². The molecule has 1 N–H and O–H groups in total. The predicted octanol–water partition coefficient (Wildman–Crippen LogP) is 3.20. The largest absolute Gasteiger partial charge is 0.462 e. The molecule has 7 nitrogen and oxygen atoms in total. The smallest absolute Gasteiger partial charge is 0.427 e. The van der Waals surface area contributed by atoms with E-state index in [9.17, 15) is 9.59 Å². The van der Waals surface area contributed by atoms with E-state index >= 15 is 0 Å². The number of benzene rings is 1. The average Bonchev–Trinajstić information content (AvgIpc) is 3.04. The number of hydrazone groups is 1. The van der Waals surface area contributed by atoms with Gasteiger partial charge in [-0.05, 0) is 38.1 Å². The van der Waals surface area contributed by atoms with E-state index in [1.54, 1.807) is 50.2 Å². The van der Waals surface area contributed by atoms with Crippen LogP contribution in [0.1, 0.15) is 30.0 Å². The Hall–Kier alpha value is -3.09. The summed E-state index contributed by atoms with van der Waals surface area (Å²) >= 11 is 0. The van der Waals surface area contributed by atoms with Gasteiger partial charge >= 0.3 is 12.1 Å². The minimum Gasteiger partial charge on any atom is -0.462 e. The van der Waals surface area contributed by atoms with E-state index in [4.69, 9.17) is 9.15 Å². The molecule has 1 aromatic heterocycles. The lowest BCUT2D eigenvalue weighted by molar-refractivity contribution is 0.0526. The molecule has 7 heteroatoms. The highest BCUT2D eigenvalue weighted by molar-refractivity contribution is 5.90. The van der Waals surface area contributed by atoms with E-state index in [-0.39, 0.29) is 12.6 Å². The fraction of sp³-hybridized carbons (Fsp3) is 0.235. The quantitative estimate of drug-likeness (QED) is 0.499. The number of esters is 1. The molecule has 24 heavy (non-hydrogen) atoms. The van der Waals surface area contributed by atoms with Crippen molar-refractivity contribution in [3.63, 3.8) is 0 Å². The van der Waals surface area contributed by atoms with Gasteiger partial charge in [0.1, 0.15) is 11.5 Å². The van der Waals surface area contributed by atoms with Gasteiger partial charge in [-0.1, -0.05) is 12.1 Å². The van der Waals surface area contributed by atoms with E-state index in [0.29, 0.717) is 23.7 Å². The standard InChI is InChI=1S/C17H18N2O5/c1-3-22-16(20)13-7-5-12(6-8-13)15-10-9-14(24-15)11-18-19-17(21)23-4-2/h5-11H,3-4H2,1-2H3,(H,19,21). The van der Waals surface area contributed by atoms with Gasteiger partial charge in [-0.15, -0.1) is 0 Å². The van der Waals surface area contributed by atoms with Crippen LogP contribution in [0.15, 0.2) is 45.9 Å². The maximum Gasteiger partial charge on any atom is 0.427 e. The summed E-state index contributed by atoms with van der Waals surface area (Å²) in [6.45, 7) is 4.07. The second-order valence-electron chi connectivity index (χ2n) is 4.59. The number of nitrogens with zero attached hydrogens (tertiary/aromatic N) is 1. The van der Waals surface area contributed by atoms with Gasteiger partial charge in [-0.3, -0.25) is 0 Å². The Balaban J connectivity index is 2.01. The van der Waals surface area contributed by atoms with Gasteiger partial charge in [0.15, 0.2) is 0 Å². The van der Waals surface area contributed by atoms with Crippen LogP contribution in [-0.4, -0.2) is 31.5 Å². The van der Waals surface area contributed by atoms with Crippen molar-refractivity contribution in [3.8, 4) is 11.3 Å². The van der Waals surface area contributed by atoms with Crippen LogP contribution in [0.5, 0.6) is 0 Å². The van der Waals surface area contributed by atoms with Gasteiger partial charge in [-0.25, -0.2) is 15.0 Å². The minimum absolute atomic E-state index is 0.272. The van der Waals surface area contributed by atoms with Crippen molar-refractivity contribution in [2.24, 2.45) is 5.10 Å². The Morgan fingerprint density at radius 3 is 2.46 bits per heavy atom. The lowest BCUT2D eigenvalue weighted by Gasteiger charge is -2.02. The number of ether oxygens (including phenoxy) is 2. The van der Waals surface area contributed by atoms with Crippen LogP contribution in [0.25, 0.3) is 11.3 Å². The van der Waals surface area contributed by atoms with Crippen LogP contribution < -0.4 is 5.43 Å². The highest BCUT2D eigenvalue weighted by atomic mass is 16.6. The molecule has 1 amide bonds. The van der Waals surface area contributed by atoms with Crippen LogP contribution in [0.4, 0.5) is 4.79 Å². The van der Waals surface area contributed by atoms with E-state index in [0.717, 1.165) is 5.56 Å². The molecule has 0 aliphatic rings. The maximum absolute atomic E-state index is 11.6. The molecule has 0 fully saturated rings. The minimum atomic E-state index is -0.630. The Morgan fingerprint density at radius 2 is 1.79 bits per heavy atom. The second kappa shape index (κ2) is 8.52. The van der Waals surface area contributed by atoms with Gasteiger partial charge < -0.3 is 13.9 Å². The summed E-state index contributed by atoms with van der Waals surface area (Å²) in [5.74, 6) is 0.723. The van der Waals surface area contributed by atoms with Gasteiger partial charge in [0.25, 0.3) is 0 Å². The van der Waals surface area contributed by atoms with Crippen molar-refractivity contribution >= 4 is 18.3 Å². The first-order chi connectivity index (χ1) is 11.6. The molecule has 0 atom stereocenters. The van der Waals surface area contributed by atoms with Gasteiger partial charge in [-0.2, -0.15) is 5.10 Å². The van der Waals surface area contributed by atoms with Crippen molar-refractivity contribution < 1.29 is 23.5 Å². The summed E-state index contributed by atoms with van der Waals surface area (Å²) in [4.78, 5) is 22.7. The lowest BCUT2D eigenvalue weighted by atomic mass is 10.1. The van der Waals surface area contributed by atoms with Crippen LogP contribution >= 0.6 is 0 Å². The van der Waals surface area contributed by atoms with Crippen molar-refractivity contribution in [2.45, 2.75) is 13.8 Å². The molecule has 0 bridgehead atoms. The molecule has 0 radical (unpaired) electrons. The SMILES string of the molecule is CCOC(=O)NN=Cc1ccc(-c2ccc(C(=O)OCC)cc2)o1. The summed E-state index contributed by atoms with van der Waals surface area (Å²) < 4.78 is 15.2. The molecule has 0 aliphatic carbocycles. The zero-order valence-electron chi connectivity index (χ0n) is 13.4. The third-order valence-corrected chi connectivity index (χ3v) is 2.93. The molecular weight excluding hydrogens is 312 g/mol. The number of amides is 1. The summed E-state index contributed by atoms with van der Waals surface area (Å²) in [6, 6.07) is 10.4. The fourth-order valence-corrected chi connectivity index (χ4v) is 1.87.